The second kappa shape index (κ2) is 2.21. The summed E-state index contributed by atoms with van der Waals surface area (Å²) < 4.78 is 0. The van der Waals surface area contributed by atoms with Crippen molar-refractivity contribution in [3.8, 4) is 0 Å². The number of nitrogens with two attached hydrogens (primary N) is 2. The number of nitrogens with zero attached hydrogens (tertiary/aromatic N) is 1. The van der Waals surface area contributed by atoms with Crippen LogP contribution in [0.4, 0.5) is 0 Å². The van der Waals surface area contributed by atoms with E-state index in [0.717, 1.165) is 5.01 Å². The molecule has 0 saturated heterocycles. The number of rotatable bonds is 1. The molecule has 3 nitrogen and oxygen atoms in total. The Morgan fingerprint density at radius 3 is 2.62 bits per heavy atom. The third kappa shape index (κ3) is 1.03. The van der Waals surface area contributed by atoms with Gasteiger partial charge in [0.15, 0.2) is 0 Å². The first-order valence-corrected chi connectivity index (χ1v) is 3.09. The maximum atomic E-state index is 5.28. The molecule has 0 aromatic carbocycles. The minimum absolute atomic E-state index is 0.407. The quantitative estimate of drug-likeness (QED) is 0.527. The van der Waals surface area contributed by atoms with Crippen molar-refractivity contribution >= 4 is 11.3 Å². The van der Waals surface area contributed by atoms with Crippen molar-refractivity contribution in [2.24, 2.45) is 11.5 Å². The van der Waals surface area contributed by atoms with Gasteiger partial charge in [-0.3, -0.25) is 0 Å². The fraction of sp³-hybridized carbons (Fsp3) is 0.250. The highest BCUT2D eigenvalue weighted by molar-refractivity contribution is 7.09. The van der Waals surface area contributed by atoms with Crippen LogP contribution >= 0.6 is 11.3 Å². The van der Waals surface area contributed by atoms with Gasteiger partial charge in [-0.05, 0) is 0 Å². The van der Waals surface area contributed by atoms with Crippen molar-refractivity contribution in [1.82, 2.24) is 4.98 Å². The molecule has 4 heteroatoms. The van der Waals surface area contributed by atoms with Crippen molar-refractivity contribution in [3.63, 3.8) is 0 Å². The summed E-state index contributed by atoms with van der Waals surface area (Å²) in [6.07, 6.45) is 1.28. The summed E-state index contributed by atoms with van der Waals surface area (Å²) in [5, 5.41) is 2.63. The maximum Gasteiger partial charge on any atom is 0.124 e. The minimum Gasteiger partial charge on any atom is -0.310 e. The lowest BCUT2D eigenvalue weighted by Gasteiger charge is -1.95. The fourth-order valence-electron chi connectivity index (χ4n) is 0.399. The third-order valence-corrected chi connectivity index (χ3v) is 1.61. The Labute approximate surface area is 51.3 Å². The number of hydrogen-bond donors (Lipinski definition) is 2. The van der Waals surface area contributed by atoms with Crippen molar-refractivity contribution in [1.29, 1.82) is 0 Å². The van der Waals surface area contributed by atoms with E-state index in [0.29, 0.717) is 0 Å². The Morgan fingerprint density at radius 2 is 2.38 bits per heavy atom. The molecular weight excluding hydrogens is 122 g/mol. The molecule has 1 aromatic rings. The van der Waals surface area contributed by atoms with Crippen LogP contribution in [-0.4, -0.2) is 4.98 Å². The largest absolute Gasteiger partial charge is 0.310 e. The molecule has 44 valence electrons. The van der Waals surface area contributed by atoms with Gasteiger partial charge < -0.3 is 11.5 Å². The van der Waals surface area contributed by atoms with Gasteiger partial charge >= 0.3 is 0 Å². The molecule has 0 unspecified atom stereocenters. The Morgan fingerprint density at radius 1 is 1.62 bits per heavy atom. The number of aromatic nitrogens is 1. The SMILES string of the molecule is NC(N)c1nccs1. The van der Waals surface area contributed by atoms with Gasteiger partial charge in [0.25, 0.3) is 0 Å². The zero-order valence-electron chi connectivity index (χ0n) is 4.24. The maximum absolute atomic E-state index is 5.28. The summed E-state index contributed by atoms with van der Waals surface area (Å²) in [4.78, 5) is 3.88. The molecule has 1 rings (SSSR count). The normalized spacial score (nSPS) is 10.4. The Bertz CT molecular complexity index is 146. The molecule has 0 fully saturated rings. The second-order valence-corrected chi connectivity index (χ2v) is 2.32. The van der Waals surface area contributed by atoms with E-state index >= 15 is 0 Å². The summed E-state index contributed by atoms with van der Waals surface area (Å²) in [5.74, 6) is 0. The molecular formula is C4H7N3S. The average Bonchev–Trinajstić information content (AvgIpc) is 2.12. The van der Waals surface area contributed by atoms with Crippen LogP contribution in [0.25, 0.3) is 0 Å². The van der Waals surface area contributed by atoms with Crippen LogP contribution in [0.15, 0.2) is 11.6 Å². The van der Waals surface area contributed by atoms with Gasteiger partial charge in [-0.15, -0.1) is 11.3 Å². The van der Waals surface area contributed by atoms with Crippen LogP contribution < -0.4 is 11.5 Å². The lowest BCUT2D eigenvalue weighted by atomic mass is 10.6. The summed E-state index contributed by atoms with van der Waals surface area (Å²) in [6.45, 7) is 0. The molecule has 0 amide bonds. The molecule has 0 bridgehead atoms. The van der Waals surface area contributed by atoms with Gasteiger partial charge in [-0.25, -0.2) is 4.98 Å². The Hall–Kier alpha value is -0.450. The van der Waals surface area contributed by atoms with Gasteiger partial charge in [-0.1, -0.05) is 0 Å². The molecule has 0 radical (unpaired) electrons. The average molecular weight is 129 g/mol. The minimum atomic E-state index is -0.407. The van der Waals surface area contributed by atoms with E-state index in [1.165, 1.54) is 11.3 Å². The van der Waals surface area contributed by atoms with Crippen LogP contribution in [0.1, 0.15) is 11.2 Å². The van der Waals surface area contributed by atoms with Crippen LogP contribution in [0.2, 0.25) is 0 Å². The first-order chi connectivity index (χ1) is 3.80. The summed E-state index contributed by atoms with van der Waals surface area (Å²) in [5.41, 5.74) is 10.6. The van der Waals surface area contributed by atoms with Crippen molar-refractivity contribution < 1.29 is 0 Å². The van der Waals surface area contributed by atoms with Gasteiger partial charge in [0, 0.05) is 11.6 Å². The summed E-state index contributed by atoms with van der Waals surface area (Å²) in [6, 6.07) is 0. The monoisotopic (exact) mass is 129 g/mol. The lowest BCUT2D eigenvalue weighted by Crippen LogP contribution is -2.19. The molecule has 0 spiro atoms. The molecule has 1 aromatic heterocycles. The lowest BCUT2D eigenvalue weighted by molar-refractivity contribution is 0.764. The predicted molar refractivity (Wildman–Crippen MR) is 33.2 cm³/mol. The molecule has 0 saturated carbocycles. The van der Waals surface area contributed by atoms with Crippen molar-refractivity contribution in [2.75, 3.05) is 0 Å². The highest BCUT2D eigenvalue weighted by Gasteiger charge is 1.98. The van der Waals surface area contributed by atoms with E-state index in [2.05, 4.69) is 4.98 Å². The number of hydrogen-bond acceptors (Lipinski definition) is 4. The van der Waals surface area contributed by atoms with E-state index in [-0.39, 0.29) is 0 Å². The van der Waals surface area contributed by atoms with E-state index in [9.17, 15) is 0 Å². The molecule has 0 aliphatic heterocycles. The first-order valence-electron chi connectivity index (χ1n) is 2.21. The van der Waals surface area contributed by atoms with Gasteiger partial charge in [0.2, 0.25) is 0 Å². The molecule has 1 heterocycles. The third-order valence-electron chi connectivity index (χ3n) is 0.737. The Balaban J connectivity index is 2.77. The molecule has 0 aliphatic rings. The highest BCUT2D eigenvalue weighted by Crippen LogP contribution is 2.06. The molecule has 8 heavy (non-hydrogen) atoms. The standard InChI is InChI=1S/C4H7N3S/c5-3(6)4-7-1-2-8-4/h1-3H,5-6H2. The van der Waals surface area contributed by atoms with E-state index in [1.54, 1.807) is 6.20 Å². The van der Waals surface area contributed by atoms with Crippen LogP contribution in [0.5, 0.6) is 0 Å². The van der Waals surface area contributed by atoms with Crippen LogP contribution in [-0.2, 0) is 0 Å². The smallest absolute Gasteiger partial charge is 0.124 e. The molecule has 0 aliphatic carbocycles. The highest BCUT2D eigenvalue weighted by atomic mass is 32.1. The zero-order chi connectivity index (χ0) is 5.98. The fourth-order valence-corrected chi connectivity index (χ4v) is 0.939. The van der Waals surface area contributed by atoms with E-state index in [1.807, 2.05) is 5.38 Å². The summed E-state index contributed by atoms with van der Waals surface area (Å²) >= 11 is 1.47. The first kappa shape index (κ1) is 5.68. The number of thiazole rings is 1. The molecule has 0 atom stereocenters. The van der Waals surface area contributed by atoms with Crippen LogP contribution in [0.3, 0.4) is 0 Å². The van der Waals surface area contributed by atoms with Crippen molar-refractivity contribution in [3.05, 3.63) is 16.6 Å². The van der Waals surface area contributed by atoms with Crippen molar-refractivity contribution in [2.45, 2.75) is 6.17 Å². The molecule has 4 N–H and O–H groups in total. The van der Waals surface area contributed by atoms with Gasteiger partial charge in [-0.2, -0.15) is 0 Å². The topological polar surface area (TPSA) is 64.9 Å². The zero-order valence-corrected chi connectivity index (χ0v) is 5.06. The van der Waals surface area contributed by atoms with E-state index in [4.69, 9.17) is 11.5 Å². The predicted octanol–water partition coefficient (Wildman–Crippen LogP) is 0.0591. The van der Waals surface area contributed by atoms with E-state index < -0.39 is 6.17 Å². The van der Waals surface area contributed by atoms with Gasteiger partial charge in [0.05, 0.1) is 0 Å². The Kier molecular flexibility index (Phi) is 1.57. The van der Waals surface area contributed by atoms with Gasteiger partial charge in [0.1, 0.15) is 11.2 Å². The second-order valence-electron chi connectivity index (χ2n) is 1.40. The van der Waals surface area contributed by atoms with Crippen LogP contribution in [0, 0.1) is 0 Å². The summed E-state index contributed by atoms with van der Waals surface area (Å²) in [7, 11) is 0.